The normalized spacial score (nSPS) is 22.9. The molecule has 1 aromatic carbocycles. The number of amides is 1. The van der Waals surface area contributed by atoms with Crippen LogP contribution in [0, 0.1) is 0 Å². The maximum absolute atomic E-state index is 12.3. The van der Waals surface area contributed by atoms with Crippen molar-refractivity contribution in [2.45, 2.75) is 39.0 Å². The first kappa shape index (κ1) is 24.3. The van der Waals surface area contributed by atoms with E-state index in [4.69, 9.17) is 9.47 Å². The van der Waals surface area contributed by atoms with Crippen LogP contribution in [0.25, 0.3) is 0 Å². The second kappa shape index (κ2) is 11.5. The molecule has 9 heteroatoms. The molecule has 0 spiro atoms. The summed E-state index contributed by atoms with van der Waals surface area (Å²) in [6, 6.07) is 7.46. The monoisotopic (exact) mass is 462 g/mol. The molecule has 2 unspecified atom stereocenters. The molecule has 2 saturated heterocycles. The summed E-state index contributed by atoms with van der Waals surface area (Å²) >= 11 is 1.30. The Hall–Kier alpha value is -2.36. The third-order valence-corrected chi connectivity index (χ3v) is 6.23. The lowest BCUT2D eigenvalue weighted by molar-refractivity contribution is -0.134. The van der Waals surface area contributed by atoms with E-state index < -0.39 is 11.9 Å². The van der Waals surface area contributed by atoms with E-state index >= 15 is 0 Å². The predicted octanol–water partition coefficient (Wildman–Crippen LogP) is 2.43. The van der Waals surface area contributed by atoms with Gasteiger partial charge in [0.2, 0.25) is 5.91 Å². The summed E-state index contributed by atoms with van der Waals surface area (Å²) in [6.07, 6.45) is 2.22. The Bertz CT molecular complexity index is 847. The summed E-state index contributed by atoms with van der Waals surface area (Å²) in [5.41, 5.74) is 1.63. The van der Waals surface area contributed by atoms with Gasteiger partial charge in [-0.3, -0.25) is 9.69 Å². The Kier molecular flexibility index (Phi) is 8.72. The largest absolute Gasteiger partial charge is 0.466 e. The third kappa shape index (κ3) is 6.82. The van der Waals surface area contributed by atoms with E-state index in [1.165, 1.54) is 29.8 Å². The molecule has 32 heavy (non-hydrogen) atoms. The summed E-state index contributed by atoms with van der Waals surface area (Å²) in [6.45, 7) is 7.32. The van der Waals surface area contributed by atoms with Crippen molar-refractivity contribution in [1.82, 2.24) is 9.80 Å². The second-order valence-corrected chi connectivity index (χ2v) is 8.97. The van der Waals surface area contributed by atoms with Crippen molar-refractivity contribution in [2.24, 2.45) is 0 Å². The first-order valence-corrected chi connectivity index (χ1v) is 11.7. The Morgan fingerprint density at radius 1 is 1.19 bits per heavy atom. The van der Waals surface area contributed by atoms with Crippen molar-refractivity contribution >= 4 is 29.6 Å². The molecule has 8 nitrogen and oxygen atoms in total. The van der Waals surface area contributed by atoms with Crippen LogP contribution in [0.4, 0.5) is 0 Å². The predicted molar refractivity (Wildman–Crippen MR) is 121 cm³/mol. The lowest BCUT2D eigenvalue weighted by Crippen LogP contribution is -2.44. The number of benzene rings is 1. The molecule has 1 aromatic rings. The standard InChI is InChI=1S/C23H30N2O6S/c1-16-12-24(13-17(2)31-16)14-18-5-7-19(8-6-18)23(28)30-10-4-9-25-20(26)15-32-21(25)11-22(27)29-3/h5-8,11,16-17H,4,9-10,12-15H2,1-3H3/b21-11+. The minimum absolute atomic E-state index is 0.0730. The number of carbonyl (C=O) groups is 3. The highest BCUT2D eigenvalue weighted by Crippen LogP contribution is 2.28. The average Bonchev–Trinajstić information content (AvgIpc) is 3.09. The Morgan fingerprint density at radius 2 is 1.88 bits per heavy atom. The van der Waals surface area contributed by atoms with Crippen LogP contribution < -0.4 is 0 Å². The molecule has 0 aliphatic carbocycles. The molecule has 2 aliphatic heterocycles. The number of ether oxygens (including phenoxy) is 3. The summed E-state index contributed by atoms with van der Waals surface area (Å²) in [5.74, 6) is -0.675. The molecule has 0 radical (unpaired) electrons. The first-order valence-electron chi connectivity index (χ1n) is 10.7. The zero-order valence-electron chi connectivity index (χ0n) is 18.7. The Morgan fingerprint density at radius 3 is 2.53 bits per heavy atom. The van der Waals surface area contributed by atoms with Gasteiger partial charge in [-0.15, -0.1) is 0 Å². The summed E-state index contributed by atoms with van der Waals surface area (Å²) in [5, 5.41) is 0.563. The van der Waals surface area contributed by atoms with Crippen molar-refractivity contribution in [3.05, 3.63) is 46.5 Å². The topological polar surface area (TPSA) is 85.4 Å². The summed E-state index contributed by atoms with van der Waals surface area (Å²) in [4.78, 5) is 39.7. The van der Waals surface area contributed by atoms with Gasteiger partial charge in [-0.25, -0.2) is 9.59 Å². The van der Waals surface area contributed by atoms with Gasteiger partial charge in [0.05, 0.1) is 48.3 Å². The number of thioether (sulfide) groups is 1. The highest BCUT2D eigenvalue weighted by molar-refractivity contribution is 8.04. The fourth-order valence-electron chi connectivity index (χ4n) is 3.82. The molecule has 0 bridgehead atoms. The number of methoxy groups -OCH3 is 1. The summed E-state index contributed by atoms with van der Waals surface area (Å²) < 4.78 is 15.7. The molecule has 0 aromatic heterocycles. The van der Waals surface area contributed by atoms with Crippen LogP contribution in [-0.4, -0.2) is 79.0 Å². The van der Waals surface area contributed by atoms with E-state index in [-0.39, 0.29) is 30.5 Å². The van der Waals surface area contributed by atoms with Gasteiger partial charge >= 0.3 is 11.9 Å². The van der Waals surface area contributed by atoms with E-state index in [1.54, 1.807) is 12.1 Å². The molecule has 2 atom stereocenters. The van der Waals surface area contributed by atoms with E-state index in [1.807, 2.05) is 12.1 Å². The third-order valence-electron chi connectivity index (χ3n) is 5.20. The summed E-state index contributed by atoms with van der Waals surface area (Å²) in [7, 11) is 1.29. The van der Waals surface area contributed by atoms with Gasteiger partial charge in [-0.1, -0.05) is 23.9 Å². The molecule has 3 rings (SSSR count). The highest BCUT2D eigenvalue weighted by atomic mass is 32.2. The average molecular weight is 463 g/mol. The smallest absolute Gasteiger partial charge is 0.338 e. The molecule has 2 heterocycles. The highest BCUT2D eigenvalue weighted by Gasteiger charge is 2.27. The number of hydrogen-bond donors (Lipinski definition) is 0. The number of carbonyl (C=O) groups excluding carboxylic acids is 3. The van der Waals surface area contributed by atoms with Crippen molar-refractivity contribution in [3.63, 3.8) is 0 Å². The second-order valence-electron chi connectivity index (χ2n) is 7.98. The minimum atomic E-state index is -0.500. The fourth-order valence-corrected chi connectivity index (χ4v) is 4.77. The number of rotatable bonds is 8. The Balaban J connectivity index is 1.43. The Labute approximate surface area is 192 Å². The van der Waals surface area contributed by atoms with Crippen LogP contribution in [0.2, 0.25) is 0 Å². The van der Waals surface area contributed by atoms with E-state index in [9.17, 15) is 14.4 Å². The first-order chi connectivity index (χ1) is 15.4. The number of morpholine rings is 1. The molecule has 2 fully saturated rings. The minimum Gasteiger partial charge on any atom is -0.466 e. The van der Waals surface area contributed by atoms with Gasteiger partial charge in [0.25, 0.3) is 0 Å². The molecular weight excluding hydrogens is 432 g/mol. The van der Waals surface area contributed by atoms with Crippen molar-refractivity contribution in [3.8, 4) is 0 Å². The zero-order chi connectivity index (χ0) is 23.1. The van der Waals surface area contributed by atoms with Crippen molar-refractivity contribution < 1.29 is 28.6 Å². The molecule has 2 aliphatic rings. The lowest BCUT2D eigenvalue weighted by atomic mass is 10.1. The maximum Gasteiger partial charge on any atom is 0.338 e. The lowest BCUT2D eigenvalue weighted by Gasteiger charge is -2.35. The quantitative estimate of drug-likeness (QED) is 0.331. The van der Waals surface area contributed by atoms with Crippen molar-refractivity contribution in [1.29, 1.82) is 0 Å². The van der Waals surface area contributed by atoms with Gasteiger partial charge in [-0.05, 0) is 38.0 Å². The van der Waals surface area contributed by atoms with E-state index in [2.05, 4.69) is 23.5 Å². The molecule has 0 saturated carbocycles. The van der Waals surface area contributed by atoms with Gasteiger partial charge in [-0.2, -0.15) is 0 Å². The van der Waals surface area contributed by atoms with Crippen LogP contribution in [0.1, 0.15) is 36.2 Å². The van der Waals surface area contributed by atoms with Crippen LogP contribution in [0.15, 0.2) is 35.4 Å². The maximum atomic E-state index is 12.3. The number of nitrogens with zero attached hydrogens (tertiary/aromatic N) is 2. The van der Waals surface area contributed by atoms with E-state index in [0.29, 0.717) is 23.6 Å². The van der Waals surface area contributed by atoms with Crippen LogP contribution in [0.3, 0.4) is 0 Å². The number of esters is 2. The van der Waals surface area contributed by atoms with E-state index in [0.717, 1.165) is 25.2 Å². The molecule has 0 N–H and O–H groups in total. The van der Waals surface area contributed by atoms with Crippen LogP contribution in [-0.2, 0) is 30.3 Å². The van der Waals surface area contributed by atoms with Crippen LogP contribution >= 0.6 is 11.8 Å². The van der Waals surface area contributed by atoms with Crippen molar-refractivity contribution in [2.75, 3.05) is 39.1 Å². The molecule has 174 valence electrons. The van der Waals surface area contributed by atoms with Gasteiger partial charge < -0.3 is 19.1 Å². The fraction of sp³-hybridized carbons (Fsp3) is 0.522. The SMILES string of the molecule is COC(=O)/C=C1/SCC(=O)N1CCCOC(=O)c1ccc(CN2CC(C)OC(C)C2)cc1. The molecular formula is C23H30N2O6S. The molecule has 1 amide bonds. The van der Waals surface area contributed by atoms with Gasteiger partial charge in [0.1, 0.15) is 0 Å². The zero-order valence-corrected chi connectivity index (χ0v) is 19.6. The van der Waals surface area contributed by atoms with Gasteiger partial charge in [0, 0.05) is 26.2 Å². The number of hydrogen-bond acceptors (Lipinski definition) is 8. The van der Waals surface area contributed by atoms with Gasteiger partial charge in [0.15, 0.2) is 0 Å². The van der Waals surface area contributed by atoms with Crippen LogP contribution in [0.5, 0.6) is 0 Å².